The number of nitrogens with zero attached hydrogens (tertiary/aromatic N) is 2. The zero-order valence-corrected chi connectivity index (χ0v) is 17.9. The van der Waals surface area contributed by atoms with Gasteiger partial charge in [-0.25, -0.2) is 4.79 Å². The van der Waals surface area contributed by atoms with Gasteiger partial charge in [0.15, 0.2) is 0 Å². The Balaban J connectivity index is 2.14. The fraction of sp³-hybridized carbons (Fsp3) is 0.667. The second-order valence-electron chi connectivity index (χ2n) is 8.12. The summed E-state index contributed by atoms with van der Waals surface area (Å²) in [6, 6.07) is 0. The summed E-state index contributed by atoms with van der Waals surface area (Å²) in [6.45, 7) is 6.08. The van der Waals surface area contributed by atoms with Gasteiger partial charge in [0.2, 0.25) is 18.6 Å². The van der Waals surface area contributed by atoms with Crippen molar-refractivity contribution in [3.05, 3.63) is 10.6 Å². The van der Waals surface area contributed by atoms with E-state index in [1.165, 1.54) is 23.6 Å². The van der Waals surface area contributed by atoms with Gasteiger partial charge in [0.1, 0.15) is 11.1 Å². The largest absolute Gasteiger partial charge is 0.427 e. The number of primary amides is 1. The van der Waals surface area contributed by atoms with Crippen molar-refractivity contribution in [1.29, 1.82) is 0 Å². The number of aliphatic hydroxyl groups excluding tert-OH is 1. The monoisotopic (exact) mass is 429 g/mol. The molecule has 0 radical (unpaired) electrons. The van der Waals surface area contributed by atoms with E-state index >= 15 is 0 Å². The van der Waals surface area contributed by atoms with Crippen molar-refractivity contribution in [1.82, 2.24) is 9.80 Å². The van der Waals surface area contributed by atoms with Gasteiger partial charge in [-0.1, -0.05) is 0 Å². The van der Waals surface area contributed by atoms with E-state index in [9.17, 15) is 24.3 Å². The van der Waals surface area contributed by atoms with E-state index in [1.807, 2.05) is 0 Å². The number of hydrogen-bond donors (Lipinski definition) is 2. The molecule has 2 aliphatic rings. The lowest BCUT2D eigenvalue weighted by molar-refractivity contribution is -0.174. The molecule has 2 aliphatic heterocycles. The molecule has 0 bridgehead atoms. The van der Waals surface area contributed by atoms with Crippen LogP contribution in [0.4, 0.5) is 0 Å². The summed E-state index contributed by atoms with van der Waals surface area (Å²) in [5.74, 6) is -2.91. The molecule has 1 fully saturated rings. The highest BCUT2D eigenvalue weighted by Crippen LogP contribution is 2.50. The van der Waals surface area contributed by atoms with Crippen molar-refractivity contribution in [3.8, 4) is 0 Å². The van der Waals surface area contributed by atoms with Crippen LogP contribution >= 0.6 is 11.8 Å². The van der Waals surface area contributed by atoms with Crippen LogP contribution in [-0.2, 0) is 28.7 Å². The lowest BCUT2D eigenvalue weighted by Crippen LogP contribution is -2.60. The van der Waals surface area contributed by atoms with Gasteiger partial charge in [-0.3, -0.25) is 24.2 Å². The minimum absolute atomic E-state index is 0.0324. The number of nitrogens with two attached hydrogens (primary N) is 1. The Hall–Kier alpha value is -2.11. The molecule has 2 rings (SSSR count). The number of esters is 2. The first-order valence-corrected chi connectivity index (χ1v) is 9.94. The van der Waals surface area contributed by atoms with Crippen LogP contribution in [0.3, 0.4) is 0 Å². The molecule has 3 N–H and O–H groups in total. The number of carbonyl (C=O) groups excluding carboxylic acids is 4. The summed E-state index contributed by atoms with van der Waals surface area (Å²) in [5.41, 5.74) is 4.48. The number of ether oxygens (including phenoxy) is 2. The number of amides is 2. The molecular formula is C18H27N3O7S. The summed E-state index contributed by atoms with van der Waals surface area (Å²) in [5, 5.41) is 9.42. The molecule has 0 spiro atoms. The molecule has 2 amide bonds. The number of fused-ring (bicyclic) bond motifs is 1. The topological polar surface area (TPSA) is 139 Å². The van der Waals surface area contributed by atoms with Gasteiger partial charge in [-0.15, -0.1) is 11.8 Å². The maximum atomic E-state index is 12.7. The van der Waals surface area contributed by atoms with Crippen LogP contribution in [0.5, 0.6) is 0 Å². The van der Waals surface area contributed by atoms with Gasteiger partial charge < -0.3 is 20.3 Å². The highest BCUT2D eigenvalue weighted by molar-refractivity contribution is 8.04. The fourth-order valence-electron chi connectivity index (χ4n) is 2.94. The zero-order valence-electron chi connectivity index (χ0n) is 17.1. The van der Waals surface area contributed by atoms with Crippen LogP contribution in [0.15, 0.2) is 10.6 Å². The van der Waals surface area contributed by atoms with E-state index in [0.29, 0.717) is 4.91 Å². The molecule has 11 heteroatoms. The number of hydrogen-bond acceptors (Lipinski definition) is 9. The van der Waals surface area contributed by atoms with Crippen molar-refractivity contribution < 1.29 is 33.8 Å². The standard InChI is InChI=1S/C18H27N3O7S/c1-9(22)12-14(24)21-13(16(25)27-8-28-17(26)18(2,3)4)10(29-15(12)21)6-20(5)7-11(19)23/h9,12,15,22H,6-8H2,1-5H3,(H2,19,23)/t9-,12+,15-/m1/s1. The third kappa shape index (κ3) is 5.09. The summed E-state index contributed by atoms with van der Waals surface area (Å²) < 4.78 is 10.0. The van der Waals surface area contributed by atoms with Crippen molar-refractivity contribution >= 4 is 35.5 Å². The van der Waals surface area contributed by atoms with Crippen LogP contribution in [0.2, 0.25) is 0 Å². The van der Waals surface area contributed by atoms with E-state index in [0.717, 1.165) is 0 Å². The minimum atomic E-state index is -0.871. The first-order valence-electron chi connectivity index (χ1n) is 9.06. The average molecular weight is 429 g/mol. The number of aliphatic hydroxyl groups is 1. The van der Waals surface area contributed by atoms with Crippen LogP contribution in [0, 0.1) is 11.3 Å². The number of likely N-dealkylation sites (N-methyl/N-ethyl adjacent to an activating group) is 1. The lowest BCUT2D eigenvalue weighted by atomic mass is 9.92. The second kappa shape index (κ2) is 8.72. The van der Waals surface area contributed by atoms with Crippen molar-refractivity contribution in [2.75, 3.05) is 26.9 Å². The first kappa shape index (κ1) is 23.2. The molecule has 3 atom stereocenters. The Kier molecular flexibility index (Phi) is 6.97. The number of thioether (sulfide) groups is 1. The molecule has 0 aromatic rings. The summed E-state index contributed by atoms with van der Waals surface area (Å²) in [7, 11) is 1.65. The highest BCUT2D eigenvalue weighted by Gasteiger charge is 2.57. The quantitative estimate of drug-likeness (QED) is 0.300. The van der Waals surface area contributed by atoms with E-state index < -0.39 is 47.4 Å². The van der Waals surface area contributed by atoms with Crippen molar-refractivity contribution in [2.45, 2.75) is 39.2 Å². The number of β-lactam (4-membered cyclic amide) rings is 1. The van der Waals surface area contributed by atoms with Gasteiger partial charge in [-0.2, -0.15) is 0 Å². The predicted molar refractivity (Wildman–Crippen MR) is 104 cm³/mol. The van der Waals surface area contributed by atoms with E-state index in [1.54, 1.807) is 32.7 Å². The molecular weight excluding hydrogens is 402 g/mol. The summed E-state index contributed by atoms with van der Waals surface area (Å²) in [4.78, 5) is 51.5. The molecule has 1 saturated heterocycles. The lowest BCUT2D eigenvalue weighted by Gasteiger charge is -2.43. The zero-order chi connectivity index (χ0) is 22.1. The molecule has 10 nitrogen and oxygen atoms in total. The Labute approximate surface area is 173 Å². The second-order valence-corrected chi connectivity index (χ2v) is 9.34. The number of carbonyl (C=O) groups is 4. The summed E-state index contributed by atoms with van der Waals surface area (Å²) >= 11 is 1.26. The molecule has 0 aromatic heterocycles. The molecule has 2 heterocycles. The van der Waals surface area contributed by atoms with Gasteiger partial charge >= 0.3 is 11.9 Å². The maximum Gasteiger partial charge on any atom is 0.358 e. The minimum Gasteiger partial charge on any atom is -0.427 e. The third-order valence-electron chi connectivity index (χ3n) is 4.40. The molecule has 29 heavy (non-hydrogen) atoms. The first-order chi connectivity index (χ1) is 13.3. The summed E-state index contributed by atoms with van der Waals surface area (Å²) in [6.07, 6.45) is -0.871. The fourth-order valence-corrected chi connectivity index (χ4v) is 4.63. The highest BCUT2D eigenvalue weighted by atomic mass is 32.2. The van der Waals surface area contributed by atoms with Crippen molar-refractivity contribution in [2.24, 2.45) is 17.1 Å². The Morgan fingerprint density at radius 1 is 1.31 bits per heavy atom. The third-order valence-corrected chi connectivity index (χ3v) is 5.75. The van der Waals surface area contributed by atoms with Crippen LogP contribution in [0.1, 0.15) is 27.7 Å². The van der Waals surface area contributed by atoms with E-state index in [2.05, 4.69) is 0 Å². The number of rotatable bonds is 8. The Morgan fingerprint density at radius 2 is 1.93 bits per heavy atom. The molecule has 0 aliphatic carbocycles. The van der Waals surface area contributed by atoms with E-state index in [-0.39, 0.29) is 24.7 Å². The van der Waals surface area contributed by atoms with Gasteiger partial charge in [0, 0.05) is 11.4 Å². The van der Waals surface area contributed by atoms with Gasteiger partial charge in [0.25, 0.3) is 0 Å². The molecule has 162 valence electrons. The molecule has 0 unspecified atom stereocenters. The molecule has 0 saturated carbocycles. The van der Waals surface area contributed by atoms with Gasteiger partial charge in [-0.05, 0) is 34.7 Å². The van der Waals surface area contributed by atoms with Crippen LogP contribution < -0.4 is 5.73 Å². The van der Waals surface area contributed by atoms with Crippen LogP contribution in [-0.4, -0.2) is 77.1 Å². The predicted octanol–water partition coefficient (Wildman–Crippen LogP) is -0.383. The molecule has 0 aromatic carbocycles. The van der Waals surface area contributed by atoms with Gasteiger partial charge in [0.05, 0.1) is 24.0 Å². The average Bonchev–Trinajstić information content (AvgIpc) is 2.86. The van der Waals surface area contributed by atoms with E-state index in [4.69, 9.17) is 15.2 Å². The SMILES string of the molecule is C[C@@H](O)[C@H]1C(=O)N2C(C(=O)OCOC(=O)C(C)(C)C)=C(CN(C)CC(N)=O)S[C@H]12. The van der Waals surface area contributed by atoms with Crippen molar-refractivity contribution in [3.63, 3.8) is 0 Å². The smallest absolute Gasteiger partial charge is 0.358 e. The Morgan fingerprint density at radius 3 is 2.45 bits per heavy atom. The Bertz CT molecular complexity index is 744. The maximum absolute atomic E-state index is 12.7. The van der Waals surface area contributed by atoms with Crippen LogP contribution in [0.25, 0.3) is 0 Å². The normalized spacial score (nSPS) is 22.3.